The van der Waals surface area contributed by atoms with Crippen molar-refractivity contribution in [2.24, 2.45) is 0 Å². The molecular formula is C36H68O5S2. The van der Waals surface area contributed by atoms with Crippen molar-refractivity contribution >= 4 is 34.5 Å². The Morgan fingerprint density at radius 3 is 1.35 bits per heavy atom. The third kappa shape index (κ3) is 22.8. The van der Waals surface area contributed by atoms with Crippen LogP contribution in [0.3, 0.4) is 0 Å². The number of aliphatic hydroxyl groups excluding tert-OH is 2. The van der Waals surface area contributed by atoms with Crippen molar-refractivity contribution in [2.75, 3.05) is 13.2 Å². The second kappa shape index (κ2) is 29.1. The van der Waals surface area contributed by atoms with E-state index < -0.39 is 24.4 Å². The Balaban J connectivity index is 2.17. The lowest BCUT2D eigenvalue weighted by Gasteiger charge is -2.27. The summed E-state index contributed by atoms with van der Waals surface area (Å²) in [6.45, 7) is 4.79. The van der Waals surface area contributed by atoms with Gasteiger partial charge in [0, 0.05) is 12.8 Å². The molecule has 0 aliphatic carbocycles. The van der Waals surface area contributed by atoms with Crippen molar-refractivity contribution in [3.63, 3.8) is 0 Å². The third-order valence-corrected chi connectivity index (χ3v) is 9.34. The van der Waals surface area contributed by atoms with E-state index in [1.165, 1.54) is 135 Å². The summed E-state index contributed by atoms with van der Waals surface area (Å²) < 4.78 is 17.6. The minimum absolute atomic E-state index is 0.0838. The first-order chi connectivity index (χ1) is 21.0. The van der Waals surface area contributed by atoms with Gasteiger partial charge < -0.3 is 24.4 Å². The molecule has 0 amide bonds. The molecule has 7 heteroatoms. The van der Waals surface area contributed by atoms with Crippen LogP contribution in [0.15, 0.2) is 0 Å². The van der Waals surface area contributed by atoms with Crippen molar-refractivity contribution in [3.05, 3.63) is 0 Å². The first-order valence-corrected chi connectivity index (χ1v) is 19.1. The van der Waals surface area contributed by atoms with E-state index in [4.69, 9.17) is 38.6 Å². The van der Waals surface area contributed by atoms with E-state index in [1.807, 2.05) is 0 Å². The molecule has 5 nitrogen and oxygen atoms in total. The van der Waals surface area contributed by atoms with Gasteiger partial charge in [-0.3, -0.25) is 0 Å². The maximum absolute atomic E-state index is 10.4. The number of hydrogen-bond acceptors (Lipinski definition) is 7. The van der Waals surface area contributed by atoms with Crippen LogP contribution in [-0.2, 0) is 14.2 Å². The number of thiocarbonyl (C=S) groups is 2. The fourth-order valence-electron chi connectivity index (χ4n) is 5.84. The molecule has 1 saturated heterocycles. The Kier molecular flexibility index (Phi) is 27.5. The zero-order chi connectivity index (χ0) is 31.4. The van der Waals surface area contributed by atoms with Crippen LogP contribution in [0.2, 0.25) is 0 Å². The second-order valence-corrected chi connectivity index (χ2v) is 13.8. The Bertz CT molecular complexity index is 662. The monoisotopic (exact) mass is 644 g/mol. The molecule has 0 aromatic carbocycles. The lowest BCUT2D eigenvalue weighted by atomic mass is 10.0. The summed E-state index contributed by atoms with van der Waals surface area (Å²) in [5.41, 5.74) is 0. The van der Waals surface area contributed by atoms with Gasteiger partial charge in [0.1, 0.15) is 24.9 Å². The van der Waals surface area contributed by atoms with E-state index in [9.17, 15) is 10.2 Å². The molecule has 4 atom stereocenters. The first kappa shape index (κ1) is 40.7. The number of hydrogen-bond donors (Lipinski definition) is 2. The smallest absolute Gasteiger partial charge is 0.162 e. The summed E-state index contributed by atoms with van der Waals surface area (Å²) in [5, 5.41) is 21.5. The third-order valence-electron chi connectivity index (χ3n) is 8.72. The van der Waals surface area contributed by atoms with Crippen LogP contribution in [0.4, 0.5) is 0 Å². The first-order valence-electron chi connectivity index (χ1n) is 18.3. The molecule has 0 bridgehead atoms. The SMILES string of the molecule is CCCCCCCCCCCCCCC(=S)OC[C@H](OC(=S)CCCCCCCCCCCCCC)[C@H]1OC[C@@H](O)[C@H]1O. The average Bonchev–Trinajstić information content (AvgIpc) is 3.33. The van der Waals surface area contributed by atoms with Gasteiger partial charge >= 0.3 is 0 Å². The van der Waals surface area contributed by atoms with Crippen LogP contribution in [0, 0.1) is 0 Å². The molecule has 1 fully saturated rings. The molecule has 1 aliphatic heterocycles. The van der Waals surface area contributed by atoms with Crippen LogP contribution < -0.4 is 0 Å². The van der Waals surface area contributed by atoms with Gasteiger partial charge in [-0.05, 0) is 37.3 Å². The highest BCUT2D eigenvalue weighted by Crippen LogP contribution is 2.22. The average molecular weight is 645 g/mol. The predicted octanol–water partition coefficient (Wildman–Crippen LogP) is 10.3. The Hall–Kier alpha value is -0.340. The van der Waals surface area contributed by atoms with Crippen molar-refractivity contribution in [3.8, 4) is 0 Å². The van der Waals surface area contributed by atoms with E-state index >= 15 is 0 Å². The Labute approximate surface area is 276 Å². The topological polar surface area (TPSA) is 68.2 Å². The van der Waals surface area contributed by atoms with Gasteiger partial charge in [-0.2, -0.15) is 0 Å². The van der Waals surface area contributed by atoms with Gasteiger partial charge in [0.25, 0.3) is 0 Å². The molecule has 0 spiro atoms. The normalized spacial score (nSPS) is 19.0. The summed E-state index contributed by atoms with van der Waals surface area (Å²) in [5.74, 6) is 0. The second-order valence-electron chi connectivity index (χ2n) is 12.8. The quantitative estimate of drug-likeness (QED) is 0.0596. The molecular weight excluding hydrogens is 577 g/mol. The lowest BCUT2D eigenvalue weighted by molar-refractivity contribution is -0.0600. The Morgan fingerprint density at radius 1 is 0.605 bits per heavy atom. The largest absolute Gasteiger partial charge is 0.483 e. The van der Waals surface area contributed by atoms with Crippen LogP contribution in [0.5, 0.6) is 0 Å². The Morgan fingerprint density at radius 2 is 0.977 bits per heavy atom. The molecule has 0 aromatic heterocycles. The molecule has 0 radical (unpaired) electrons. The number of aliphatic hydroxyl groups is 2. The highest BCUT2D eigenvalue weighted by Gasteiger charge is 2.41. The molecule has 1 rings (SSSR count). The van der Waals surface area contributed by atoms with Gasteiger partial charge in [0.2, 0.25) is 0 Å². The molecule has 43 heavy (non-hydrogen) atoms. The number of unbranched alkanes of at least 4 members (excludes halogenated alkanes) is 22. The van der Waals surface area contributed by atoms with E-state index in [-0.39, 0.29) is 13.2 Å². The minimum atomic E-state index is -1.02. The zero-order valence-corrected chi connectivity index (χ0v) is 29.7. The molecule has 2 N–H and O–H groups in total. The van der Waals surface area contributed by atoms with E-state index in [0.717, 1.165) is 25.7 Å². The van der Waals surface area contributed by atoms with Crippen LogP contribution in [0.1, 0.15) is 181 Å². The molecule has 254 valence electrons. The summed E-state index contributed by atoms with van der Waals surface area (Å²) in [4.78, 5) is 0. The number of rotatable bonds is 30. The van der Waals surface area contributed by atoms with Crippen molar-refractivity contribution in [1.82, 2.24) is 0 Å². The van der Waals surface area contributed by atoms with E-state index in [2.05, 4.69) is 13.8 Å². The van der Waals surface area contributed by atoms with Gasteiger partial charge in [0.05, 0.1) is 6.61 Å². The van der Waals surface area contributed by atoms with Crippen LogP contribution in [-0.4, -0.2) is 57.9 Å². The van der Waals surface area contributed by atoms with Crippen LogP contribution >= 0.6 is 24.4 Å². The van der Waals surface area contributed by atoms with Gasteiger partial charge in [-0.25, -0.2) is 0 Å². The van der Waals surface area contributed by atoms with Gasteiger partial charge in [-0.15, -0.1) is 0 Å². The van der Waals surface area contributed by atoms with E-state index in [0.29, 0.717) is 16.5 Å². The fourth-order valence-corrected chi connectivity index (χ4v) is 6.32. The maximum atomic E-state index is 10.4. The van der Waals surface area contributed by atoms with Crippen molar-refractivity contribution in [1.29, 1.82) is 0 Å². The van der Waals surface area contributed by atoms with Gasteiger partial charge in [0.15, 0.2) is 16.2 Å². The summed E-state index contributed by atoms with van der Waals surface area (Å²) >= 11 is 11.0. The zero-order valence-electron chi connectivity index (χ0n) is 28.0. The molecule has 0 aromatic rings. The standard InChI is InChI=1S/C36H68O5S2/c1-3-5-7-9-11-13-15-17-19-21-23-25-27-33(42)39-30-32(36-35(38)31(37)29-40-36)41-34(43)28-26-24-22-20-18-16-14-12-10-8-6-4-2/h31-32,35-38H,3-30H2,1-2H3/t31-,32+,35-,36-/m1/s1. The summed E-state index contributed by atoms with van der Waals surface area (Å²) in [6, 6.07) is 0. The van der Waals surface area contributed by atoms with E-state index in [1.54, 1.807) is 0 Å². The van der Waals surface area contributed by atoms with Gasteiger partial charge in [-0.1, -0.05) is 155 Å². The van der Waals surface area contributed by atoms with Crippen molar-refractivity contribution < 1.29 is 24.4 Å². The fraction of sp³-hybridized carbons (Fsp3) is 0.944. The highest BCUT2D eigenvalue weighted by molar-refractivity contribution is 7.80. The highest BCUT2D eigenvalue weighted by atomic mass is 32.1. The molecule has 0 unspecified atom stereocenters. The summed E-state index contributed by atoms with van der Waals surface area (Å²) in [6.07, 6.45) is 29.5. The van der Waals surface area contributed by atoms with Crippen molar-refractivity contribution in [2.45, 2.75) is 205 Å². The number of ether oxygens (including phenoxy) is 3. The molecule has 1 aliphatic rings. The minimum Gasteiger partial charge on any atom is -0.483 e. The summed E-state index contributed by atoms with van der Waals surface area (Å²) in [7, 11) is 0. The molecule has 1 heterocycles. The van der Waals surface area contributed by atoms with Crippen LogP contribution in [0.25, 0.3) is 0 Å². The lowest BCUT2D eigenvalue weighted by Crippen LogP contribution is -2.43. The maximum Gasteiger partial charge on any atom is 0.162 e. The predicted molar refractivity (Wildman–Crippen MR) is 189 cm³/mol. The molecule has 0 saturated carbocycles.